The highest BCUT2D eigenvalue weighted by Gasteiger charge is 2.15. The molecule has 1 aromatic heterocycles. The van der Waals surface area contributed by atoms with Crippen LogP contribution in [0.25, 0.3) is 10.1 Å². The summed E-state index contributed by atoms with van der Waals surface area (Å²) in [7, 11) is 0. The minimum atomic E-state index is 0.253. The van der Waals surface area contributed by atoms with Crippen molar-refractivity contribution in [3.8, 4) is 11.5 Å². The number of nitrogens with one attached hydrogen (secondary N) is 1. The minimum Gasteiger partial charge on any atom is -0.454 e. The van der Waals surface area contributed by atoms with E-state index in [-0.39, 0.29) is 6.04 Å². The van der Waals surface area contributed by atoms with Crippen LogP contribution < -0.4 is 14.8 Å². The first-order valence-electron chi connectivity index (χ1n) is 6.94. The van der Waals surface area contributed by atoms with Crippen molar-refractivity contribution in [3.05, 3.63) is 53.4 Å². The molecule has 0 spiro atoms. The molecule has 3 nitrogen and oxygen atoms in total. The fraction of sp³-hybridized carbons (Fsp3) is 0.176. The van der Waals surface area contributed by atoms with Crippen LogP contribution in [0.4, 0.5) is 5.69 Å². The highest BCUT2D eigenvalue weighted by molar-refractivity contribution is 7.19. The number of thiophene rings is 1. The van der Waals surface area contributed by atoms with Crippen molar-refractivity contribution >= 4 is 27.1 Å². The van der Waals surface area contributed by atoms with E-state index in [1.54, 1.807) is 0 Å². The Hall–Kier alpha value is -2.20. The fourth-order valence-electron chi connectivity index (χ4n) is 2.52. The molecule has 0 saturated carbocycles. The number of hydrogen-bond donors (Lipinski definition) is 1. The van der Waals surface area contributed by atoms with Gasteiger partial charge in [-0.1, -0.05) is 18.2 Å². The van der Waals surface area contributed by atoms with Crippen molar-refractivity contribution in [1.29, 1.82) is 0 Å². The number of rotatable bonds is 3. The van der Waals surface area contributed by atoms with Crippen molar-refractivity contribution in [2.24, 2.45) is 0 Å². The molecule has 0 fully saturated rings. The summed E-state index contributed by atoms with van der Waals surface area (Å²) in [6, 6.07) is 17.0. The molecule has 1 aliphatic rings. The van der Waals surface area contributed by atoms with Crippen molar-refractivity contribution in [2.75, 3.05) is 12.1 Å². The Kier molecular flexibility index (Phi) is 2.97. The number of anilines is 1. The highest BCUT2D eigenvalue weighted by Crippen LogP contribution is 2.36. The van der Waals surface area contributed by atoms with Crippen molar-refractivity contribution in [1.82, 2.24) is 0 Å². The molecule has 0 aliphatic carbocycles. The predicted molar refractivity (Wildman–Crippen MR) is 86.4 cm³/mol. The predicted octanol–water partition coefficient (Wildman–Crippen LogP) is 4.80. The Balaban J connectivity index is 1.58. The molecule has 1 unspecified atom stereocenters. The van der Waals surface area contributed by atoms with Gasteiger partial charge in [-0.15, -0.1) is 11.3 Å². The fourth-order valence-corrected chi connectivity index (χ4v) is 3.59. The number of fused-ring (bicyclic) bond motifs is 2. The summed E-state index contributed by atoms with van der Waals surface area (Å²) in [5.41, 5.74) is 1.05. The average molecular weight is 297 g/mol. The Morgan fingerprint density at radius 2 is 1.90 bits per heavy atom. The largest absolute Gasteiger partial charge is 0.454 e. The molecule has 3 aromatic rings. The summed E-state index contributed by atoms with van der Waals surface area (Å²) in [5, 5.41) is 4.83. The third-order valence-electron chi connectivity index (χ3n) is 3.63. The maximum atomic E-state index is 5.41. The van der Waals surface area contributed by atoms with E-state index in [0.29, 0.717) is 6.79 Å². The van der Waals surface area contributed by atoms with Gasteiger partial charge < -0.3 is 14.8 Å². The van der Waals surface area contributed by atoms with Gasteiger partial charge in [0.2, 0.25) is 6.79 Å². The SMILES string of the molecule is CC(Nc1ccc2c(c1)OCO2)c1cc2ccccc2s1. The Bertz CT molecular complexity index is 763. The summed E-state index contributed by atoms with van der Waals surface area (Å²) in [6.07, 6.45) is 0. The van der Waals surface area contributed by atoms with Crippen LogP contribution in [0.1, 0.15) is 17.8 Å². The second-order valence-electron chi connectivity index (χ2n) is 5.12. The molecule has 0 amide bonds. The van der Waals surface area contributed by atoms with E-state index in [0.717, 1.165) is 17.2 Å². The summed E-state index contributed by atoms with van der Waals surface area (Å²) >= 11 is 1.83. The van der Waals surface area contributed by atoms with Gasteiger partial charge in [0.25, 0.3) is 0 Å². The molecule has 0 saturated heterocycles. The van der Waals surface area contributed by atoms with E-state index in [1.807, 2.05) is 29.5 Å². The van der Waals surface area contributed by atoms with Crippen LogP contribution in [0.5, 0.6) is 11.5 Å². The Labute approximate surface area is 127 Å². The summed E-state index contributed by atoms with van der Waals surface area (Å²) in [4.78, 5) is 1.33. The monoisotopic (exact) mass is 297 g/mol. The lowest BCUT2D eigenvalue weighted by atomic mass is 10.2. The van der Waals surface area contributed by atoms with E-state index in [1.165, 1.54) is 15.0 Å². The average Bonchev–Trinajstić information content (AvgIpc) is 3.13. The van der Waals surface area contributed by atoms with Gasteiger partial charge in [0.1, 0.15) is 0 Å². The quantitative estimate of drug-likeness (QED) is 0.753. The van der Waals surface area contributed by atoms with Crippen LogP contribution in [0.15, 0.2) is 48.5 Å². The lowest BCUT2D eigenvalue weighted by molar-refractivity contribution is 0.174. The molecule has 0 radical (unpaired) electrons. The van der Waals surface area contributed by atoms with Gasteiger partial charge in [-0.2, -0.15) is 0 Å². The van der Waals surface area contributed by atoms with E-state index in [2.05, 4.69) is 42.6 Å². The molecule has 1 N–H and O–H groups in total. The standard InChI is InChI=1S/C17H15NO2S/c1-11(17-8-12-4-2-3-5-16(12)21-17)18-13-6-7-14-15(9-13)20-10-19-14/h2-9,11,18H,10H2,1H3. The second kappa shape index (κ2) is 4.97. The van der Waals surface area contributed by atoms with Gasteiger partial charge in [-0.05, 0) is 36.6 Å². The molecule has 1 atom stereocenters. The third kappa shape index (κ3) is 2.32. The van der Waals surface area contributed by atoms with Gasteiger partial charge in [0.15, 0.2) is 11.5 Å². The van der Waals surface area contributed by atoms with Crippen LogP contribution in [0, 0.1) is 0 Å². The zero-order valence-electron chi connectivity index (χ0n) is 11.6. The van der Waals surface area contributed by atoms with Gasteiger partial charge in [-0.3, -0.25) is 0 Å². The molecule has 2 heterocycles. The van der Waals surface area contributed by atoms with Gasteiger partial charge in [0.05, 0.1) is 6.04 Å². The lowest BCUT2D eigenvalue weighted by Crippen LogP contribution is -2.04. The first-order valence-corrected chi connectivity index (χ1v) is 7.76. The van der Waals surface area contributed by atoms with Crippen LogP contribution in [-0.2, 0) is 0 Å². The Morgan fingerprint density at radius 3 is 2.81 bits per heavy atom. The first kappa shape index (κ1) is 12.5. The van der Waals surface area contributed by atoms with Gasteiger partial charge in [-0.25, -0.2) is 0 Å². The third-order valence-corrected chi connectivity index (χ3v) is 4.93. The van der Waals surface area contributed by atoms with Crippen molar-refractivity contribution < 1.29 is 9.47 Å². The van der Waals surface area contributed by atoms with Crippen molar-refractivity contribution in [2.45, 2.75) is 13.0 Å². The number of benzene rings is 2. The van der Waals surface area contributed by atoms with Gasteiger partial charge in [0, 0.05) is 21.3 Å². The normalized spacial score (nSPS) is 14.3. The van der Waals surface area contributed by atoms with Crippen LogP contribution in [-0.4, -0.2) is 6.79 Å². The first-order chi connectivity index (χ1) is 10.3. The van der Waals surface area contributed by atoms with E-state index in [9.17, 15) is 0 Å². The molecule has 4 heteroatoms. The van der Waals surface area contributed by atoms with Crippen LogP contribution in [0.3, 0.4) is 0 Å². The molecular formula is C17H15NO2S. The maximum absolute atomic E-state index is 5.41. The van der Waals surface area contributed by atoms with Crippen LogP contribution >= 0.6 is 11.3 Å². The van der Waals surface area contributed by atoms with E-state index >= 15 is 0 Å². The molecular weight excluding hydrogens is 282 g/mol. The van der Waals surface area contributed by atoms with Crippen LogP contribution in [0.2, 0.25) is 0 Å². The summed E-state index contributed by atoms with van der Waals surface area (Å²) in [6.45, 7) is 2.49. The molecule has 2 aromatic carbocycles. The zero-order valence-corrected chi connectivity index (χ0v) is 12.4. The van der Waals surface area contributed by atoms with E-state index < -0.39 is 0 Å². The molecule has 106 valence electrons. The Morgan fingerprint density at radius 1 is 1.05 bits per heavy atom. The highest BCUT2D eigenvalue weighted by atomic mass is 32.1. The number of hydrogen-bond acceptors (Lipinski definition) is 4. The van der Waals surface area contributed by atoms with Gasteiger partial charge >= 0.3 is 0 Å². The zero-order chi connectivity index (χ0) is 14.2. The maximum Gasteiger partial charge on any atom is 0.231 e. The van der Waals surface area contributed by atoms with E-state index in [4.69, 9.17) is 9.47 Å². The molecule has 4 rings (SSSR count). The molecule has 0 bridgehead atoms. The number of ether oxygens (including phenoxy) is 2. The smallest absolute Gasteiger partial charge is 0.231 e. The second-order valence-corrected chi connectivity index (χ2v) is 6.24. The summed E-state index contributed by atoms with van der Waals surface area (Å²) < 4.78 is 12.1. The minimum absolute atomic E-state index is 0.253. The lowest BCUT2D eigenvalue weighted by Gasteiger charge is -2.13. The van der Waals surface area contributed by atoms with Crippen molar-refractivity contribution in [3.63, 3.8) is 0 Å². The molecule has 21 heavy (non-hydrogen) atoms. The summed E-state index contributed by atoms with van der Waals surface area (Å²) in [5.74, 6) is 1.62. The molecule has 1 aliphatic heterocycles. The topological polar surface area (TPSA) is 30.5 Å².